The molecule has 0 bridgehead atoms. The maximum atomic E-state index is 11.3. The third-order valence-corrected chi connectivity index (χ3v) is 2.24. The molecule has 0 atom stereocenters. The Morgan fingerprint density at radius 2 is 1.82 bits per heavy atom. The predicted octanol–water partition coefficient (Wildman–Crippen LogP) is 1.55. The van der Waals surface area contributed by atoms with Gasteiger partial charge >= 0.3 is 0 Å². The highest BCUT2D eigenvalue weighted by Crippen LogP contribution is 1.98. The van der Waals surface area contributed by atoms with Crippen LogP contribution in [0.3, 0.4) is 0 Å². The van der Waals surface area contributed by atoms with Crippen molar-refractivity contribution in [3.05, 3.63) is 0 Å². The third kappa shape index (κ3) is 13.3. The van der Waals surface area contributed by atoms with Gasteiger partial charge in [0.1, 0.15) is 0 Å². The van der Waals surface area contributed by atoms with Crippen LogP contribution in [0.5, 0.6) is 0 Å². The Bertz CT molecular complexity index is 194. The number of amides is 1. The number of hydrogen-bond acceptors (Lipinski definition) is 3. The molecule has 0 radical (unpaired) electrons. The van der Waals surface area contributed by atoms with Crippen molar-refractivity contribution < 1.29 is 9.53 Å². The first kappa shape index (κ1) is 16.4. The molecule has 0 heterocycles. The van der Waals surface area contributed by atoms with Crippen LogP contribution in [-0.2, 0) is 9.53 Å². The molecule has 0 spiro atoms. The summed E-state index contributed by atoms with van der Waals surface area (Å²) in [7, 11) is 0. The van der Waals surface area contributed by atoms with E-state index in [0.29, 0.717) is 18.9 Å². The summed E-state index contributed by atoms with van der Waals surface area (Å²) in [5.74, 6) is 0.802. The molecular formula is C13H28N2O2. The Labute approximate surface area is 105 Å². The van der Waals surface area contributed by atoms with Crippen molar-refractivity contribution in [1.29, 1.82) is 0 Å². The van der Waals surface area contributed by atoms with Gasteiger partial charge in [0.05, 0.1) is 6.61 Å². The lowest BCUT2D eigenvalue weighted by Gasteiger charge is -2.09. The lowest BCUT2D eigenvalue weighted by Crippen LogP contribution is -2.33. The minimum atomic E-state index is 0.105. The van der Waals surface area contributed by atoms with Gasteiger partial charge in [0.15, 0.2) is 0 Å². The number of carbonyl (C=O) groups excluding carboxylic acids is 1. The summed E-state index contributed by atoms with van der Waals surface area (Å²) in [5.41, 5.74) is 0. The zero-order valence-electron chi connectivity index (χ0n) is 11.7. The number of hydrogen-bond donors (Lipinski definition) is 2. The Morgan fingerprint density at radius 3 is 2.41 bits per heavy atom. The van der Waals surface area contributed by atoms with E-state index in [9.17, 15) is 4.79 Å². The zero-order chi connectivity index (χ0) is 13.1. The largest absolute Gasteiger partial charge is 0.380 e. The van der Waals surface area contributed by atoms with Crippen LogP contribution in [0.2, 0.25) is 0 Å². The fraction of sp³-hybridized carbons (Fsp3) is 0.923. The number of nitrogens with one attached hydrogen (secondary N) is 2. The van der Waals surface area contributed by atoms with Crippen molar-refractivity contribution in [3.8, 4) is 0 Å². The zero-order valence-corrected chi connectivity index (χ0v) is 11.7. The molecule has 102 valence electrons. The van der Waals surface area contributed by atoms with E-state index in [1.807, 2.05) is 13.8 Å². The van der Waals surface area contributed by atoms with Crippen LogP contribution in [0, 0.1) is 5.92 Å². The first-order chi connectivity index (χ1) is 8.02. The molecular weight excluding hydrogens is 216 g/mol. The van der Waals surface area contributed by atoms with E-state index in [2.05, 4.69) is 24.5 Å². The van der Waals surface area contributed by atoms with Crippen LogP contribution in [0.1, 0.15) is 40.5 Å². The van der Waals surface area contributed by atoms with Gasteiger partial charge in [-0.2, -0.15) is 0 Å². The Kier molecular flexibility index (Phi) is 10.2. The van der Waals surface area contributed by atoms with Gasteiger partial charge in [-0.05, 0) is 26.2 Å². The van der Waals surface area contributed by atoms with Crippen LogP contribution >= 0.6 is 0 Å². The minimum Gasteiger partial charge on any atom is -0.380 e. The van der Waals surface area contributed by atoms with Crippen LogP contribution < -0.4 is 10.6 Å². The fourth-order valence-electron chi connectivity index (χ4n) is 1.29. The average Bonchev–Trinajstić information content (AvgIpc) is 2.20. The second-order valence-corrected chi connectivity index (χ2v) is 5.02. The van der Waals surface area contributed by atoms with Gasteiger partial charge in [0, 0.05) is 32.2 Å². The molecule has 0 aromatic carbocycles. The number of carbonyl (C=O) groups is 1. The van der Waals surface area contributed by atoms with Gasteiger partial charge in [0.25, 0.3) is 0 Å². The Hall–Kier alpha value is -0.610. The molecule has 2 N–H and O–H groups in total. The molecule has 0 saturated heterocycles. The monoisotopic (exact) mass is 244 g/mol. The summed E-state index contributed by atoms with van der Waals surface area (Å²) in [6, 6.07) is 0.224. The average molecular weight is 244 g/mol. The molecule has 0 aromatic heterocycles. The molecule has 0 aliphatic heterocycles. The SMILES string of the molecule is CC(C)CCOCCNCCC(=O)NC(C)C. The highest BCUT2D eigenvalue weighted by molar-refractivity contribution is 5.76. The maximum absolute atomic E-state index is 11.3. The molecule has 4 nitrogen and oxygen atoms in total. The lowest BCUT2D eigenvalue weighted by molar-refractivity contribution is -0.121. The second kappa shape index (κ2) is 10.5. The van der Waals surface area contributed by atoms with E-state index in [-0.39, 0.29) is 11.9 Å². The van der Waals surface area contributed by atoms with Crippen LogP contribution in [-0.4, -0.2) is 38.3 Å². The van der Waals surface area contributed by atoms with Crippen LogP contribution in [0.15, 0.2) is 0 Å². The van der Waals surface area contributed by atoms with Crippen molar-refractivity contribution in [1.82, 2.24) is 10.6 Å². The number of ether oxygens (including phenoxy) is 1. The van der Waals surface area contributed by atoms with Gasteiger partial charge in [-0.1, -0.05) is 13.8 Å². The van der Waals surface area contributed by atoms with E-state index in [0.717, 1.165) is 26.2 Å². The number of rotatable bonds is 10. The quantitative estimate of drug-likeness (QED) is 0.573. The molecule has 0 rings (SSSR count). The molecule has 0 fully saturated rings. The summed E-state index contributed by atoms with van der Waals surface area (Å²) in [6.07, 6.45) is 1.64. The molecule has 0 aromatic rings. The van der Waals surface area contributed by atoms with Crippen molar-refractivity contribution in [2.75, 3.05) is 26.3 Å². The second-order valence-electron chi connectivity index (χ2n) is 5.02. The Balaban J connectivity index is 3.16. The fourth-order valence-corrected chi connectivity index (χ4v) is 1.29. The van der Waals surface area contributed by atoms with Crippen molar-refractivity contribution in [2.24, 2.45) is 5.92 Å². The summed E-state index contributed by atoms with van der Waals surface area (Å²) in [5, 5.41) is 6.05. The topological polar surface area (TPSA) is 50.4 Å². The van der Waals surface area contributed by atoms with Crippen LogP contribution in [0.25, 0.3) is 0 Å². The van der Waals surface area contributed by atoms with E-state index in [1.165, 1.54) is 0 Å². The molecule has 1 amide bonds. The summed E-state index contributed by atoms with van der Waals surface area (Å²) in [6.45, 7) is 11.4. The first-order valence-electron chi connectivity index (χ1n) is 6.60. The lowest BCUT2D eigenvalue weighted by atomic mass is 10.1. The summed E-state index contributed by atoms with van der Waals surface area (Å²) >= 11 is 0. The minimum absolute atomic E-state index is 0.105. The molecule has 17 heavy (non-hydrogen) atoms. The van der Waals surface area contributed by atoms with Crippen molar-refractivity contribution in [2.45, 2.75) is 46.6 Å². The van der Waals surface area contributed by atoms with E-state index in [1.54, 1.807) is 0 Å². The molecule has 0 aliphatic rings. The highest BCUT2D eigenvalue weighted by atomic mass is 16.5. The third-order valence-electron chi connectivity index (χ3n) is 2.24. The molecule has 0 saturated carbocycles. The van der Waals surface area contributed by atoms with Crippen molar-refractivity contribution in [3.63, 3.8) is 0 Å². The first-order valence-corrected chi connectivity index (χ1v) is 6.60. The van der Waals surface area contributed by atoms with Gasteiger partial charge in [0.2, 0.25) is 5.91 Å². The summed E-state index contributed by atoms with van der Waals surface area (Å²) in [4.78, 5) is 11.3. The Morgan fingerprint density at radius 1 is 1.12 bits per heavy atom. The van der Waals surface area contributed by atoms with E-state index < -0.39 is 0 Å². The molecule has 4 heteroatoms. The van der Waals surface area contributed by atoms with Crippen molar-refractivity contribution >= 4 is 5.91 Å². The normalized spacial score (nSPS) is 11.2. The van der Waals surface area contributed by atoms with Crippen LogP contribution in [0.4, 0.5) is 0 Å². The summed E-state index contributed by atoms with van der Waals surface area (Å²) < 4.78 is 5.45. The van der Waals surface area contributed by atoms with Gasteiger partial charge in [-0.3, -0.25) is 4.79 Å². The standard InChI is InChI=1S/C13H28N2O2/c1-11(2)6-9-17-10-8-14-7-5-13(16)15-12(3)4/h11-12,14H,5-10H2,1-4H3,(H,15,16). The maximum Gasteiger partial charge on any atom is 0.221 e. The van der Waals surface area contributed by atoms with E-state index in [4.69, 9.17) is 4.74 Å². The van der Waals surface area contributed by atoms with Gasteiger partial charge in [-0.25, -0.2) is 0 Å². The van der Waals surface area contributed by atoms with E-state index >= 15 is 0 Å². The van der Waals surface area contributed by atoms with Gasteiger partial charge < -0.3 is 15.4 Å². The van der Waals surface area contributed by atoms with Gasteiger partial charge in [-0.15, -0.1) is 0 Å². The highest BCUT2D eigenvalue weighted by Gasteiger charge is 2.01. The predicted molar refractivity (Wildman–Crippen MR) is 71.0 cm³/mol. The molecule has 0 aliphatic carbocycles. The molecule has 0 unspecified atom stereocenters. The smallest absolute Gasteiger partial charge is 0.221 e.